The molecular weight excluding hydrogens is 399 g/mol. The van der Waals surface area contributed by atoms with Crippen molar-refractivity contribution in [2.75, 3.05) is 5.32 Å². The van der Waals surface area contributed by atoms with Crippen LogP contribution in [0.15, 0.2) is 48.7 Å². The van der Waals surface area contributed by atoms with Gasteiger partial charge in [0.2, 0.25) is 5.91 Å². The number of ketones is 1. The highest BCUT2D eigenvalue weighted by atomic mass is 35.5. The maximum Gasteiger partial charge on any atom is 0.416 e. The van der Waals surface area contributed by atoms with Gasteiger partial charge in [0.25, 0.3) is 5.91 Å². The summed E-state index contributed by atoms with van der Waals surface area (Å²) in [6.07, 6.45) is -3.28. The molecule has 0 bridgehead atoms. The van der Waals surface area contributed by atoms with Gasteiger partial charge in [-0.2, -0.15) is 13.2 Å². The van der Waals surface area contributed by atoms with Crippen LogP contribution in [0.25, 0.3) is 0 Å². The molecule has 0 radical (unpaired) electrons. The number of nitrogens with one attached hydrogen (secondary N) is 2. The Labute approximate surface area is 163 Å². The number of aromatic nitrogens is 1. The predicted molar refractivity (Wildman–Crippen MR) is 95.9 cm³/mol. The molecule has 0 spiro atoms. The molecule has 0 fully saturated rings. The molecule has 2 N–H and O–H groups in total. The average Bonchev–Trinajstić information content (AvgIpc) is 2.65. The molecule has 2 aromatic rings. The predicted octanol–water partition coefficient (Wildman–Crippen LogP) is 3.03. The van der Waals surface area contributed by atoms with Crippen LogP contribution in [-0.4, -0.2) is 34.0 Å². The van der Waals surface area contributed by atoms with Crippen molar-refractivity contribution in [3.05, 3.63) is 59.8 Å². The minimum Gasteiger partial charge on any atom is -0.337 e. The lowest BCUT2D eigenvalue weighted by Crippen LogP contribution is -2.50. The normalized spacial score (nSPS) is 13.3. The van der Waals surface area contributed by atoms with Crippen molar-refractivity contribution >= 4 is 35.0 Å². The third-order valence-corrected chi connectivity index (χ3v) is 3.76. The van der Waals surface area contributed by atoms with Crippen molar-refractivity contribution in [3.8, 4) is 0 Å². The average molecular weight is 414 g/mol. The van der Waals surface area contributed by atoms with E-state index in [4.69, 9.17) is 11.6 Å². The maximum absolute atomic E-state index is 12.9. The first-order valence-corrected chi connectivity index (χ1v) is 8.41. The van der Waals surface area contributed by atoms with E-state index in [1.807, 2.05) is 0 Å². The Kier molecular flexibility index (Phi) is 6.74. The first-order chi connectivity index (χ1) is 13.1. The van der Waals surface area contributed by atoms with Gasteiger partial charge < -0.3 is 10.6 Å². The van der Waals surface area contributed by atoms with Gasteiger partial charge in [-0.1, -0.05) is 18.2 Å². The molecule has 10 heteroatoms. The Balaban J connectivity index is 2.34. The summed E-state index contributed by atoms with van der Waals surface area (Å²) in [4.78, 5) is 41.0. The van der Waals surface area contributed by atoms with E-state index in [0.29, 0.717) is 6.07 Å². The lowest BCUT2D eigenvalue weighted by molar-refractivity contribution is -0.137. The number of amides is 2. The molecule has 0 saturated heterocycles. The molecule has 6 nitrogen and oxygen atoms in total. The number of halogens is 4. The SMILES string of the molecule is CC(Cl)C(=O)NC(C(=O)Nc1ccccn1)C(=O)c1cccc(C(F)(F)F)c1. The van der Waals surface area contributed by atoms with E-state index in [1.165, 1.54) is 19.2 Å². The van der Waals surface area contributed by atoms with Crippen LogP contribution >= 0.6 is 11.6 Å². The van der Waals surface area contributed by atoms with Gasteiger partial charge in [-0.3, -0.25) is 14.4 Å². The smallest absolute Gasteiger partial charge is 0.337 e. The van der Waals surface area contributed by atoms with Gasteiger partial charge in [0, 0.05) is 11.8 Å². The van der Waals surface area contributed by atoms with Crippen molar-refractivity contribution < 1.29 is 27.6 Å². The van der Waals surface area contributed by atoms with Crippen LogP contribution in [0.4, 0.5) is 19.0 Å². The summed E-state index contributed by atoms with van der Waals surface area (Å²) < 4.78 is 38.7. The number of anilines is 1. The molecule has 2 atom stereocenters. The molecule has 148 valence electrons. The van der Waals surface area contributed by atoms with Crippen molar-refractivity contribution in [2.45, 2.75) is 24.5 Å². The number of hydrogen-bond donors (Lipinski definition) is 2. The standard InChI is InChI=1S/C18H15ClF3N3O3/c1-10(19)16(27)25-14(17(28)24-13-7-2-3-8-23-13)15(26)11-5-4-6-12(9-11)18(20,21)22/h2-10,14H,1H3,(H,25,27)(H,23,24,28). The second-order valence-corrected chi connectivity index (χ2v) is 6.36. The fourth-order valence-electron chi connectivity index (χ4n) is 2.16. The fourth-order valence-corrected chi connectivity index (χ4v) is 2.22. The first kappa shape index (κ1) is 21.4. The van der Waals surface area contributed by atoms with E-state index in [-0.39, 0.29) is 5.82 Å². The molecular formula is C18H15ClF3N3O3. The highest BCUT2D eigenvalue weighted by Gasteiger charge is 2.34. The van der Waals surface area contributed by atoms with Crippen LogP contribution in [0.3, 0.4) is 0 Å². The number of Topliss-reactive ketones (excluding diaryl/α,β-unsaturated/α-hetero) is 1. The molecule has 1 heterocycles. The number of hydrogen-bond acceptors (Lipinski definition) is 4. The minimum atomic E-state index is -4.67. The highest BCUT2D eigenvalue weighted by Crippen LogP contribution is 2.29. The molecule has 2 rings (SSSR count). The maximum atomic E-state index is 12.9. The second-order valence-electron chi connectivity index (χ2n) is 5.70. The van der Waals surface area contributed by atoms with Crippen molar-refractivity contribution in [1.82, 2.24) is 10.3 Å². The van der Waals surface area contributed by atoms with Gasteiger partial charge in [-0.15, -0.1) is 11.6 Å². The van der Waals surface area contributed by atoms with Crippen molar-refractivity contribution in [3.63, 3.8) is 0 Å². The third kappa shape index (κ3) is 5.53. The van der Waals surface area contributed by atoms with Gasteiger partial charge >= 0.3 is 6.18 Å². The van der Waals surface area contributed by atoms with E-state index >= 15 is 0 Å². The van der Waals surface area contributed by atoms with Crippen LogP contribution in [0, 0.1) is 0 Å². The number of carbonyl (C=O) groups is 3. The highest BCUT2D eigenvalue weighted by molar-refractivity contribution is 6.31. The largest absolute Gasteiger partial charge is 0.416 e. The summed E-state index contributed by atoms with van der Waals surface area (Å²) in [5.41, 5.74) is -1.45. The number of nitrogens with zero attached hydrogens (tertiary/aromatic N) is 1. The number of rotatable bonds is 6. The van der Waals surface area contributed by atoms with Gasteiger partial charge in [-0.25, -0.2) is 4.98 Å². The zero-order valence-electron chi connectivity index (χ0n) is 14.5. The summed E-state index contributed by atoms with van der Waals surface area (Å²) in [7, 11) is 0. The molecule has 28 heavy (non-hydrogen) atoms. The Morgan fingerprint density at radius 1 is 1.07 bits per heavy atom. The number of carbonyl (C=O) groups excluding carboxylic acids is 3. The zero-order chi connectivity index (χ0) is 20.9. The number of pyridine rings is 1. The Bertz CT molecular complexity index is 873. The van der Waals surface area contributed by atoms with Gasteiger partial charge in [0.05, 0.1) is 5.56 Å². The molecule has 0 aliphatic carbocycles. The van der Waals surface area contributed by atoms with Crippen molar-refractivity contribution in [1.29, 1.82) is 0 Å². The molecule has 0 aliphatic heterocycles. The van der Waals surface area contributed by atoms with Crippen LogP contribution in [0.5, 0.6) is 0 Å². The van der Waals surface area contributed by atoms with Crippen LogP contribution in [0.2, 0.25) is 0 Å². The Hall–Kier alpha value is -2.94. The summed E-state index contributed by atoms with van der Waals surface area (Å²) >= 11 is 5.66. The third-order valence-electron chi connectivity index (χ3n) is 3.56. The van der Waals surface area contributed by atoms with Gasteiger partial charge in [-0.05, 0) is 31.2 Å². The van der Waals surface area contributed by atoms with E-state index in [9.17, 15) is 27.6 Å². The fraction of sp³-hybridized carbons (Fsp3) is 0.222. The molecule has 2 unspecified atom stereocenters. The summed E-state index contributed by atoms with van der Waals surface area (Å²) in [6.45, 7) is 1.32. The van der Waals surface area contributed by atoms with E-state index in [2.05, 4.69) is 15.6 Å². The number of benzene rings is 1. The summed E-state index contributed by atoms with van der Waals surface area (Å²) in [6, 6.07) is 6.38. The zero-order valence-corrected chi connectivity index (χ0v) is 15.2. The molecule has 0 aliphatic rings. The van der Waals surface area contributed by atoms with E-state index in [1.54, 1.807) is 12.1 Å². The topological polar surface area (TPSA) is 88.2 Å². The van der Waals surface area contributed by atoms with Crippen LogP contribution < -0.4 is 10.6 Å². The van der Waals surface area contributed by atoms with Crippen molar-refractivity contribution in [2.24, 2.45) is 0 Å². The number of alkyl halides is 4. The quantitative estimate of drug-likeness (QED) is 0.433. The lowest BCUT2D eigenvalue weighted by atomic mass is 10.0. The molecule has 0 saturated carbocycles. The summed E-state index contributed by atoms with van der Waals surface area (Å²) in [5.74, 6) is -2.72. The second kappa shape index (κ2) is 8.83. The van der Waals surface area contributed by atoms with E-state index in [0.717, 1.165) is 18.2 Å². The minimum absolute atomic E-state index is 0.0995. The van der Waals surface area contributed by atoms with Crippen LogP contribution in [-0.2, 0) is 15.8 Å². The monoisotopic (exact) mass is 413 g/mol. The van der Waals surface area contributed by atoms with E-state index < -0.39 is 46.3 Å². The Morgan fingerprint density at radius 2 is 1.79 bits per heavy atom. The first-order valence-electron chi connectivity index (χ1n) is 7.97. The van der Waals surface area contributed by atoms with Gasteiger partial charge in [0.15, 0.2) is 11.8 Å². The van der Waals surface area contributed by atoms with Gasteiger partial charge in [0.1, 0.15) is 11.2 Å². The Morgan fingerprint density at radius 3 is 2.36 bits per heavy atom. The molecule has 1 aromatic carbocycles. The van der Waals surface area contributed by atoms with Crippen LogP contribution in [0.1, 0.15) is 22.8 Å². The summed E-state index contributed by atoms with van der Waals surface area (Å²) in [5, 5.41) is 3.41. The molecule has 1 aromatic heterocycles. The lowest BCUT2D eigenvalue weighted by Gasteiger charge is -2.18. The molecule has 2 amide bonds.